The maximum atomic E-state index is 12.9. The van der Waals surface area contributed by atoms with Crippen LogP contribution in [0, 0.1) is 20.8 Å². The molecule has 5 rings (SSSR count). The Bertz CT molecular complexity index is 1330. The highest BCUT2D eigenvalue weighted by molar-refractivity contribution is 5.90. The summed E-state index contributed by atoms with van der Waals surface area (Å²) in [4.78, 5) is 41.3. The largest absolute Gasteiger partial charge is 0.466 e. The molecule has 9 nitrogen and oxygen atoms in total. The Labute approximate surface area is 201 Å². The van der Waals surface area contributed by atoms with E-state index in [0.717, 1.165) is 11.1 Å². The summed E-state index contributed by atoms with van der Waals surface area (Å²) in [5.74, 6) is -0.763. The lowest BCUT2D eigenvalue weighted by molar-refractivity contribution is -0.0574. The average Bonchev–Trinajstić information content (AvgIpc) is 3.37. The number of carbonyl (C=O) groups is 2. The summed E-state index contributed by atoms with van der Waals surface area (Å²) < 4.78 is 25.1. The maximum Gasteiger partial charge on any atom is 0.338 e. The fourth-order valence-electron chi connectivity index (χ4n) is 4.15. The van der Waals surface area contributed by atoms with Crippen molar-refractivity contribution in [2.75, 3.05) is 6.61 Å². The minimum absolute atomic E-state index is 0.156. The van der Waals surface area contributed by atoms with Gasteiger partial charge in [0.1, 0.15) is 19.0 Å². The van der Waals surface area contributed by atoms with Crippen molar-refractivity contribution in [2.45, 2.75) is 45.3 Å². The molecule has 1 saturated heterocycles. The topological polar surface area (TPSA) is 106 Å². The molecule has 0 N–H and O–H groups in total. The van der Waals surface area contributed by atoms with E-state index in [1.165, 1.54) is 6.33 Å². The second-order valence-electron chi connectivity index (χ2n) is 8.74. The summed E-state index contributed by atoms with van der Waals surface area (Å²) in [5.41, 5.74) is 2.73. The molecule has 2 aliphatic heterocycles. The molecule has 4 atom stereocenters. The minimum Gasteiger partial charge on any atom is -0.466 e. The van der Waals surface area contributed by atoms with Crippen molar-refractivity contribution in [3.63, 3.8) is 0 Å². The summed E-state index contributed by atoms with van der Waals surface area (Å²) in [6, 6.07) is 14.0. The van der Waals surface area contributed by atoms with Gasteiger partial charge in [-0.15, -0.1) is 0 Å². The van der Waals surface area contributed by atoms with Gasteiger partial charge in [0.25, 0.3) is 5.56 Å². The number of ether oxygens (including phenoxy) is 4. The number of aromatic nitrogens is 2. The van der Waals surface area contributed by atoms with Gasteiger partial charge in [0.15, 0.2) is 18.4 Å². The molecule has 2 aliphatic rings. The van der Waals surface area contributed by atoms with E-state index < -0.39 is 42.0 Å². The summed E-state index contributed by atoms with van der Waals surface area (Å²) in [7, 11) is 0. The van der Waals surface area contributed by atoms with Gasteiger partial charge in [0.05, 0.1) is 16.7 Å². The number of rotatable bonds is 5. The number of hydrogen-bond acceptors (Lipinski definition) is 8. The lowest BCUT2D eigenvalue weighted by Gasteiger charge is -2.22. The first-order chi connectivity index (χ1) is 16.8. The van der Waals surface area contributed by atoms with Crippen molar-refractivity contribution in [1.29, 1.82) is 0 Å². The van der Waals surface area contributed by atoms with Crippen LogP contribution in [0.4, 0.5) is 0 Å². The van der Waals surface area contributed by atoms with Crippen molar-refractivity contribution >= 4 is 11.9 Å². The van der Waals surface area contributed by atoms with Gasteiger partial charge in [0.2, 0.25) is 5.88 Å². The zero-order chi connectivity index (χ0) is 24.7. The van der Waals surface area contributed by atoms with E-state index >= 15 is 0 Å². The molecule has 3 heterocycles. The van der Waals surface area contributed by atoms with Crippen molar-refractivity contribution in [1.82, 2.24) is 9.55 Å². The number of hydrogen-bond donors (Lipinski definition) is 0. The Morgan fingerprint density at radius 1 is 0.943 bits per heavy atom. The predicted octanol–water partition coefficient (Wildman–Crippen LogP) is 2.91. The van der Waals surface area contributed by atoms with Gasteiger partial charge in [-0.25, -0.2) is 9.59 Å². The fourth-order valence-corrected chi connectivity index (χ4v) is 4.15. The zero-order valence-electron chi connectivity index (χ0n) is 19.5. The molecule has 0 aliphatic carbocycles. The van der Waals surface area contributed by atoms with Gasteiger partial charge in [0, 0.05) is 0 Å². The van der Waals surface area contributed by atoms with Gasteiger partial charge in [-0.2, -0.15) is 4.98 Å². The number of fused-ring (bicyclic) bond motifs is 3. The molecular formula is C26H24N2O7. The van der Waals surface area contributed by atoms with Gasteiger partial charge in [-0.1, -0.05) is 35.4 Å². The van der Waals surface area contributed by atoms with E-state index in [9.17, 15) is 14.4 Å². The third-order valence-corrected chi connectivity index (χ3v) is 6.18. The Morgan fingerprint density at radius 3 is 2.17 bits per heavy atom. The molecule has 9 heteroatoms. The highest BCUT2D eigenvalue weighted by Gasteiger charge is 2.54. The average molecular weight is 476 g/mol. The maximum absolute atomic E-state index is 12.9. The Hall–Kier alpha value is -3.98. The Balaban J connectivity index is 1.38. The molecule has 0 saturated carbocycles. The van der Waals surface area contributed by atoms with Crippen LogP contribution < -0.4 is 10.3 Å². The summed E-state index contributed by atoms with van der Waals surface area (Å²) in [6.45, 7) is 5.30. The number of nitrogens with zero attached hydrogens (tertiary/aromatic N) is 2. The van der Waals surface area contributed by atoms with Crippen molar-refractivity contribution in [3.8, 4) is 5.88 Å². The molecule has 0 radical (unpaired) electrons. The van der Waals surface area contributed by atoms with Crippen molar-refractivity contribution < 1.29 is 28.5 Å². The van der Waals surface area contributed by atoms with Crippen LogP contribution >= 0.6 is 0 Å². The van der Waals surface area contributed by atoms with Crippen LogP contribution in [0.15, 0.2) is 59.7 Å². The highest BCUT2D eigenvalue weighted by Crippen LogP contribution is 2.42. The highest BCUT2D eigenvalue weighted by atomic mass is 16.7. The minimum atomic E-state index is -0.894. The van der Waals surface area contributed by atoms with Crippen molar-refractivity contribution in [2.24, 2.45) is 0 Å². The van der Waals surface area contributed by atoms with E-state index in [2.05, 4.69) is 4.98 Å². The number of aryl methyl sites for hydroxylation is 2. The molecule has 3 aromatic rings. The zero-order valence-corrected chi connectivity index (χ0v) is 19.5. The van der Waals surface area contributed by atoms with E-state index in [-0.39, 0.29) is 6.61 Å². The van der Waals surface area contributed by atoms with E-state index in [1.807, 2.05) is 38.1 Å². The second-order valence-corrected chi connectivity index (χ2v) is 8.74. The van der Waals surface area contributed by atoms with E-state index in [4.69, 9.17) is 18.9 Å². The molecule has 180 valence electrons. The van der Waals surface area contributed by atoms with E-state index in [0.29, 0.717) is 22.6 Å². The lowest BCUT2D eigenvalue weighted by Crippen LogP contribution is -2.40. The second kappa shape index (κ2) is 8.99. The summed E-state index contributed by atoms with van der Waals surface area (Å²) in [5, 5.41) is 0. The first-order valence-corrected chi connectivity index (χ1v) is 11.2. The molecule has 1 aromatic heterocycles. The number of carbonyl (C=O) groups excluding carboxylic acids is 2. The monoisotopic (exact) mass is 476 g/mol. The smallest absolute Gasteiger partial charge is 0.338 e. The van der Waals surface area contributed by atoms with Crippen LogP contribution in [-0.4, -0.2) is 46.4 Å². The summed E-state index contributed by atoms with van der Waals surface area (Å²) >= 11 is 0. The summed E-state index contributed by atoms with van der Waals surface area (Å²) in [6.07, 6.45) is -1.78. The number of benzene rings is 2. The SMILES string of the molecule is Cc1ccc(C(=O)OC[C@@H]2O[C@@H]3[C@H](Oc4c(C)c(=O)ncn43)[C@@H]2OC(=O)c2ccc(C)cc2)cc1. The van der Waals surface area contributed by atoms with Crippen LogP contribution in [0.3, 0.4) is 0 Å². The van der Waals surface area contributed by atoms with E-state index in [1.54, 1.807) is 35.8 Å². The molecule has 0 bridgehead atoms. The van der Waals surface area contributed by atoms with Gasteiger partial charge >= 0.3 is 11.9 Å². The standard InChI is InChI=1S/C26H24N2O7/c1-14-4-8-17(9-5-14)25(30)32-12-19-20(35-26(31)18-10-6-15(2)7-11-18)21-24(33-19)28-13-27-22(29)16(3)23(28)34-21/h4-11,13,19-21,24H,12H2,1-3H3/t19-,20+,21+,24+/m0/s1. The molecule has 35 heavy (non-hydrogen) atoms. The molecule has 0 unspecified atom stereocenters. The molecule has 2 aromatic carbocycles. The third-order valence-electron chi connectivity index (χ3n) is 6.18. The van der Waals surface area contributed by atoms with Gasteiger partial charge in [-0.3, -0.25) is 9.36 Å². The fraction of sp³-hybridized carbons (Fsp3) is 0.308. The quantitative estimate of drug-likeness (QED) is 0.518. The van der Waals surface area contributed by atoms with Gasteiger partial charge < -0.3 is 18.9 Å². The lowest BCUT2D eigenvalue weighted by atomic mass is 10.1. The third kappa shape index (κ3) is 4.30. The Kier molecular flexibility index (Phi) is 5.86. The molecule has 0 amide bonds. The van der Waals surface area contributed by atoms with Crippen LogP contribution in [0.1, 0.15) is 43.6 Å². The van der Waals surface area contributed by atoms with Crippen LogP contribution in [0.5, 0.6) is 5.88 Å². The molecule has 0 spiro atoms. The normalized spacial score (nSPS) is 22.1. The predicted molar refractivity (Wildman–Crippen MR) is 123 cm³/mol. The number of esters is 2. The van der Waals surface area contributed by atoms with Crippen molar-refractivity contribution in [3.05, 3.63) is 93.0 Å². The van der Waals surface area contributed by atoms with Crippen LogP contribution in [0.2, 0.25) is 0 Å². The van der Waals surface area contributed by atoms with Crippen LogP contribution in [0.25, 0.3) is 0 Å². The molecular weight excluding hydrogens is 452 g/mol. The Morgan fingerprint density at radius 2 is 1.54 bits per heavy atom. The van der Waals surface area contributed by atoms with Crippen LogP contribution in [-0.2, 0) is 14.2 Å². The first-order valence-electron chi connectivity index (χ1n) is 11.2. The van der Waals surface area contributed by atoms with Gasteiger partial charge in [-0.05, 0) is 45.0 Å². The first kappa shape index (κ1) is 22.8. The molecule has 1 fully saturated rings.